The standard InChI is InChI=1S/C22H22N2O4/c25-20(12-14-5-6-18-19(11-14)28-13-27-18)24-9-7-15(8-10-24)21-16-3-1-2-4-17(16)23-22(21)26/h1-6,11,15,20,25H,7-10,12-13H2. The fraction of sp³-hybridized carbons (Fsp3) is 0.364. The zero-order chi connectivity index (χ0) is 19.1. The Hall–Kier alpha value is -2.70. The molecule has 0 radical (unpaired) electrons. The summed E-state index contributed by atoms with van der Waals surface area (Å²) in [5.41, 5.74) is 1.87. The summed E-state index contributed by atoms with van der Waals surface area (Å²) in [4.78, 5) is 18.7. The van der Waals surface area contributed by atoms with E-state index in [2.05, 4.69) is 9.89 Å². The third kappa shape index (κ3) is 3.08. The molecule has 1 amide bonds. The fourth-order valence-electron chi connectivity index (χ4n) is 4.37. The van der Waals surface area contributed by atoms with Gasteiger partial charge >= 0.3 is 0 Å². The Morgan fingerprint density at radius 2 is 1.89 bits per heavy atom. The molecule has 3 heterocycles. The number of rotatable bonds is 4. The SMILES string of the molecule is O=C1N=c2ccccc2=C1C1CCN(C(O)Cc2ccc3c(c2)OCO3)CC1. The van der Waals surface area contributed by atoms with Crippen LogP contribution in [0.2, 0.25) is 0 Å². The van der Waals surface area contributed by atoms with Gasteiger partial charge in [0, 0.05) is 30.3 Å². The Balaban J connectivity index is 1.25. The van der Waals surface area contributed by atoms with E-state index in [1.54, 1.807) is 0 Å². The highest BCUT2D eigenvalue weighted by molar-refractivity contribution is 6.15. The number of likely N-dealkylation sites (tertiary alicyclic amines) is 1. The van der Waals surface area contributed by atoms with Gasteiger partial charge in [-0.2, -0.15) is 0 Å². The molecule has 1 unspecified atom stereocenters. The van der Waals surface area contributed by atoms with Crippen LogP contribution in [0.4, 0.5) is 0 Å². The second-order valence-corrected chi connectivity index (χ2v) is 7.53. The molecule has 3 aliphatic rings. The molecule has 0 bridgehead atoms. The van der Waals surface area contributed by atoms with Gasteiger partial charge in [0.2, 0.25) is 6.79 Å². The van der Waals surface area contributed by atoms with Crippen molar-refractivity contribution >= 4 is 11.5 Å². The van der Waals surface area contributed by atoms with Crippen molar-refractivity contribution in [3.05, 3.63) is 58.6 Å². The number of amides is 1. The van der Waals surface area contributed by atoms with Gasteiger partial charge in [0.25, 0.3) is 5.91 Å². The maximum absolute atomic E-state index is 12.4. The maximum Gasteiger partial charge on any atom is 0.274 e. The number of nitrogens with zero attached hydrogens (tertiary/aromatic N) is 2. The number of ether oxygens (including phenoxy) is 2. The highest BCUT2D eigenvalue weighted by Gasteiger charge is 2.31. The van der Waals surface area contributed by atoms with Crippen LogP contribution >= 0.6 is 0 Å². The summed E-state index contributed by atoms with van der Waals surface area (Å²) in [6.45, 7) is 1.77. The lowest BCUT2D eigenvalue weighted by atomic mass is 9.87. The molecule has 0 saturated carbocycles. The number of aliphatic hydroxyl groups is 1. The first-order valence-corrected chi connectivity index (χ1v) is 9.72. The van der Waals surface area contributed by atoms with Gasteiger partial charge in [-0.15, -0.1) is 0 Å². The van der Waals surface area contributed by atoms with Gasteiger partial charge in [0.1, 0.15) is 6.23 Å². The normalized spacial score (nSPS) is 20.2. The summed E-state index contributed by atoms with van der Waals surface area (Å²) in [6.07, 6.45) is 1.68. The van der Waals surface area contributed by atoms with Gasteiger partial charge in [0.15, 0.2) is 11.5 Å². The van der Waals surface area contributed by atoms with Crippen molar-refractivity contribution in [3.63, 3.8) is 0 Å². The van der Waals surface area contributed by atoms with Crippen LogP contribution in [0.25, 0.3) is 5.57 Å². The number of carbonyl (C=O) groups is 1. The Kier molecular flexibility index (Phi) is 4.37. The highest BCUT2D eigenvalue weighted by atomic mass is 16.7. The predicted molar refractivity (Wildman–Crippen MR) is 102 cm³/mol. The first-order chi connectivity index (χ1) is 13.7. The summed E-state index contributed by atoms with van der Waals surface area (Å²) < 4.78 is 10.8. The Morgan fingerprint density at radius 1 is 1.11 bits per heavy atom. The van der Waals surface area contributed by atoms with Crippen LogP contribution in [0.3, 0.4) is 0 Å². The van der Waals surface area contributed by atoms with E-state index < -0.39 is 6.23 Å². The van der Waals surface area contributed by atoms with Crippen LogP contribution < -0.4 is 20.0 Å². The number of fused-ring (bicyclic) bond motifs is 2. The van der Waals surface area contributed by atoms with Crippen molar-refractivity contribution < 1.29 is 19.4 Å². The molecule has 144 valence electrons. The molecule has 2 aromatic carbocycles. The van der Waals surface area contributed by atoms with E-state index in [0.717, 1.165) is 59.1 Å². The molecule has 0 aromatic heterocycles. The lowest BCUT2D eigenvalue weighted by molar-refractivity contribution is -0.113. The zero-order valence-electron chi connectivity index (χ0n) is 15.5. The molecule has 0 spiro atoms. The van der Waals surface area contributed by atoms with Crippen LogP contribution in [-0.2, 0) is 11.2 Å². The molecule has 0 aliphatic carbocycles. The first kappa shape index (κ1) is 17.4. The van der Waals surface area contributed by atoms with Crippen molar-refractivity contribution in [1.29, 1.82) is 0 Å². The van der Waals surface area contributed by atoms with Gasteiger partial charge in [0.05, 0.1) is 5.36 Å². The van der Waals surface area contributed by atoms with E-state index in [1.165, 1.54) is 0 Å². The van der Waals surface area contributed by atoms with Crippen LogP contribution in [0.1, 0.15) is 18.4 Å². The van der Waals surface area contributed by atoms with E-state index in [4.69, 9.17) is 9.47 Å². The lowest BCUT2D eigenvalue weighted by Crippen LogP contribution is -2.43. The quantitative estimate of drug-likeness (QED) is 0.860. The average Bonchev–Trinajstić information content (AvgIpc) is 3.31. The molecular weight excluding hydrogens is 356 g/mol. The molecular formula is C22H22N2O4. The molecule has 1 fully saturated rings. The van der Waals surface area contributed by atoms with E-state index >= 15 is 0 Å². The molecule has 28 heavy (non-hydrogen) atoms. The van der Waals surface area contributed by atoms with Crippen molar-refractivity contribution in [1.82, 2.24) is 4.90 Å². The zero-order valence-corrected chi connectivity index (χ0v) is 15.5. The van der Waals surface area contributed by atoms with E-state index in [1.807, 2.05) is 42.5 Å². The number of benzene rings is 2. The topological polar surface area (TPSA) is 71.4 Å². The van der Waals surface area contributed by atoms with E-state index in [0.29, 0.717) is 6.42 Å². The van der Waals surface area contributed by atoms with Crippen molar-refractivity contribution in [2.45, 2.75) is 25.5 Å². The van der Waals surface area contributed by atoms with Gasteiger partial charge < -0.3 is 14.6 Å². The molecule has 1 atom stereocenters. The van der Waals surface area contributed by atoms with E-state index in [-0.39, 0.29) is 18.6 Å². The fourth-order valence-corrected chi connectivity index (χ4v) is 4.37. The van der Waals surface area contributed by atoms with Gasteiger partial charge in [-0.3, -0.25) is 9.69 Å². The largest absolute Gasteiger partial charge is 0.454 e. The molecule has 6 heteroatoms. The lowest BCUT2D eigenvalue weighted by Gasteiger charge is -2.35. The summed E-state index contributed by atoms with van der Waals surface area (Å²) in [5, 5.41) is 12.5. The average molecular weight is 378 g/mol. The van der Waals surface area contributed by atoms with Gasteiger partial charge in [-0.25, -0.2) is 4.99 Å². The Bertz CT molecular complexity index is 1040. The van der Waals surface area contributed by atoms with Crippen LogP contribution in [-0.4, -0.2) is 42.0 Å². The molecule has 1 saturated heterocycles. The molecule has 3 aliphatic heterocycles. The second kappa shape index (κ2) is 7.04. The second-order valence-electron chi connectivity index (χ2n) is 7.53. The van der Waals surface area contributed by atoms with Gasteiger partial charge in [-0.05, 0) is 42.5 Å². The summed E-state index contributed by atoms with van der Waals surface area (Å²) >= 11 is 0. The van der Waals surface area contributed by atoms with Crippen molar-refractivity contribution in [2.24, 2.45) is 10.9 Å². The maximum atomic E-state index is 12.4. The number of carbonyl (C=O) groups excluding carboxylic acids is 1. The third-order valence-electron chi connectivity index (χ3n) is 5.86. The Labute approximate surface area is 162 Å². The summed E-state index contributed by atoms with van der Waals surface area (Å²) in [5.74, 6) is 1.60. The minimum Gasteiger partial charge on any atom is -0.454 e. The monoisotopic (exact) mass is 378 g/mol. The smallest absolute Gasteiger partial charge is 0.274 e. The van der Waals surface area contributed by atoms with Gasteiger partial charge in [-0.1, -0.05) is 24.3 Å². The van der Waals surface area contributed by atoms with Crippen molar-refractivity contribution in [3.8, 4) is 11.5 Å². The molecule has 5 rings (SSSR count). The molecule has 6 nitrogen and oxygen atoms in total. The minimum absolute atomic E-state index is 0.0967. The molecule has 2 aromatic rings. The molecule has 1 N–H and O–H groups in total. The predicted octanol–water partition coefficient (Wildman–Crippen LogP) is 0.999. The highest BCUT2D eigenvalue weighted by Crippen LogP contribution is 2.33. The van der Waals surface area contributed by atoms with E-state index in [9.17, 15) is 9.90 Å². The number of aliphatic hydroxyl groups excluding tert-OH is 1. The number of hydrogen-bond donors (Lipinski definition) is 1. The number of piperidine rings is 1. The summed E-state index contributed by atoms with van der Waals surface area (Å²) in [7, 11) is 0. The first-order valence-electron chi connectivity index (χ1n) is 9.72. The number of para-hydroxylation sites is 1. The number of hydrogen-bond acceptors (Lipinski definition) is 5. The Morgan fingerprint density at radius 3 is 2.75 bits per heavy atom. The van der Waals surface area contributed by atoms with Crippen LogP contribution in [0.5, 0.6) is 11.5 Å². The third-order valence-corrected chi connectivity index (χ3v) is 5.86. The van der Waals surface area contributed by atoms with Crippen molar-refractivity contribution in [2.75, 3.05) is 19.9 Å². The van der Waals surface area contributed by atoms with Crippen LogP contribution in [0, 0.1) is 5.92 Å². The minimum atomic E-state index is -0.553. The summed E-state index contributed by atoms with van der Waals surface area (Å²) in [6, 6.07) is 13.5. The van der Waals surface area contributed by atoms with Crippen LogP contribution in [0.15, 0.2) is 47.5 Å².